The van der Waals surface area contributed by atoms with Crippen LogP contribution in [0.25, 0.3) is 0 Å². The van der Waals surface area contributed by atoms with Gasteiger partial charge in [0, 0.05) is 5.56 Å². The summed E-state index contributed by atoms with van der Waals surface area (Å²) in [4.78, 5) is 27.1. The molecular formula is C17H8F6N2O2. The van der Waals surface area contributed by atoms with Gasteiger partial charge in [-0.3, -0.25) is 0 Å². The largest absolute Gasteiger partial charge is 0.411 e. The molecule has 4 nitrogen and oxygen atoms in total. The van der Waals surface area contributed by atoms with E-state index in [2.05, 4.69) is 9.98 Å². The number of halogens is 6. The first kappa shape index (κ1) is 20.1. The van der Waals surface area contributed by atoms with Crippen LogP contribution in [0.4, 0.5) is 37.7 Å². The van der Waals surface area contributed by atoms with Gasteiger partial charge in [0.05, 0.1) is 0 Å². The Hall–Kier alpha value is -3.22. The minimum absolute atomic E-state index is 0.522. The van der Waals surface area contributed by atoms with E-state index in [-0.39, 0.29) is 0 Å². The summed E-state index contributed by atoms with van der Waals surface area (Å²) in [6.45, 7) is 0. The maximum atomic E-state index is 14.0. The normalized spacial score (nSPS) is 12.1. The van der Waals surface area contributed by atoms with E-state index >= 15 is 0 Å². The van der Waals surface area contributed by atoms with Crippen LogP contribution in [0, 0.1) is 0 Å². The number of hydrogen-bond donors (Lipinski definition) is 0. The van der Waals surface area contributed by atoms with E-state index < -0.39 is 40.3 Å². The monoisotopic (exact) mass is 386 g/mol. The Morgan fingerprint density at radius 3 is 1.74 bits per heavy atom. The van der Waals surface area contributed by atoms with Crippen molar-refractivity contribution in [1.82, 2.24) is 0 Å². The van der Waals surface area contributed by atoms with E-state index in [0.717, 1.165) is 36.4 Å². The predicted molar refractivity (Wildman–Crippen MR) is 81.3 cm³/mol. The van der Waals surface area contributed by atoms with Gasteiger partial charge in [0.1, 0.15) is 11.4 Å². The number of rotatable bonds is 4. The van der Waals surface area contributed by atoms with Crippen LogP contribution in [-0.2, 0) is 15.0 Å². The summed E-state index contributed by atoms with van der Waals surface area (Å²) in [6.07, 6.45) is -9.84. The zero-order chi connectivity index (χ0) is 20.3. The lowest BCUT2D eigenvalue weighted by atomic mass is 9.72. The van der Waals surface area contributed by atoms with Crippen LogP contribution in [0.15, 0.2) is 58.5 Å². The molecule has 0 aromatic heterocycles. The highest BCUT2D eigenvalue weighted by Gasteiger charge is 2.73. The molecular weight excluding hydrogens is 378 g/mol. The van der Waals surface area contributed by atoms with Gasteiger partial charge in [0.2, 0.25) is 17.6 Å². The fourth-order valence-electron chi connectivity index (χ4n) is 2.77. The van der Waals surface area contributed by atoms with Crippen molar-refractivity contribution in [3.63, 3.8) is 0 Å². The van der Waals surface area contributed by atoms with Gasteiger partial charge in [-0.15, -0.1) is 0 Å². The van der Waals surface area contributed by atoms with E-state index in [9.17, 15) is 35.9 Å². The highest BCUT2D eigenvalue weighted by atomic mass is 19.4. The van der Waals surface area contributed by atoms with Crippen LogP contribution >= 0.6 is 0 Å². The Bertz CT molecular complexity index is 911. The van der Waals surface area contributed by atoms with Gasteiger partial charge < -0.3 is 0 Å². The Kier molecular flexibility index (Phi) is 5.35. The van der Waals surface area contributed by atoms with Crippen LogP contribution < -0.4 is 0 Å². The maximum absolute atomic E-state index is 14.0. The Labute approximate surface area is 147 Å². The molecule has 0 saturated carbocycles. The second-order valence-electron chi connectivity index (χ2n) is 5.19. The fourth-order valence-corrected chi connectivity index (χ4v) is 2.77. The summed E-state index contributed by atoms with van der Waals surface area (Å²) in [5, 5.41) is 0. The molecule has 0 heterocycles. The molecule has 0 amide bonds. The molecule has 0 saturated heterocycles. The van der Waals surface area contributed by atoms with E-state index in [1.165, 1.54) is 6.07 Å². The number of nitrogens with zero attached hydrogens (tertiary/aromatic N) is 2. The first-order chi connectivity index (χ1) is 12.6. The number of hydrogen-bond acceptors (Lipinski definition) is 4. The molecule has 10 heteroatoms. The Balaban J connectivity index is 3.12. The topological polar surface area (TPSA) is 58.9 Å². The lowest BCUT2D eigenvalue weighted by molar-refractivity contribution is -0.288. The molecule has 0 aliphatic rings. The molecule has 0 atom stereocenters. The summed E-state index contributed by atoms with van der Waals surface area (Å²) in [7, 11) is 0. The molecule has 0 aliphatic heterocycles. The number of carbonyl (C=O) groups excluding carboxylic acids is 2. The van der Waals surface area contributed by atoms with Crippen LogP contribution in [0.5, 0.6) is 0 Å². The molecule has 2 rings (SSSR count). The average Bonchev–Trinajstić information content (AvgIpc) is 2.57. The molecule has 140 valence electrons. The standard InChI is InChI=1S/C17H8F6N2O2/c18-16(19,20)15(17(21,22)23,11-5-2-1-3-6-11)12-7-4-8-13(24-9-26)14(12)25-10-27/h1-8H. The smallest absolute Gasteiger partial charge is 0.211 e. The summed E-state index contributed by atoms with van der Waals surface area (Å²) >= 11 is 0. The second kappa shape index (κ2) is 7.19. The zero-order valence-corrected chi connectivity index (χ0v) is 13.1. The minimum atomic E-state index is -5.87. The summed E-state index contributed by atoms with van der Waals surface area (Å²) in [6, 6.07) is 6.87. The molecule has 0 radical (unpaired) electrons. The molecule has 0 N–H and O–H groups in total. The molecule has 0 fully saturated rings. The lowest BCUT2D eigenvalue weighted by Crippen LogP contribution is -2.54. The third-order valence-electron chi connectivity index (χ3n) is 3.80. The number of alkyl halides is 6. The first-order valence-electron chi connectivity index (χ1n) is 7.09. The van der Waals surface area contributed by atoms with Crippen molar-refractivity contribution >= 4 is 23.5 Å². The Morgan fingerprint density at radius 2 is 1.26 bits per heavy atom. The van der Waals surface area contributed by atoms with E-state index in [0.29, 0.717) is 18.2 Å². The van der Waals surface area contributed by atoms with Crippen LogP contribution in [0.1, 0.15) is 11.1 Å². The fraction of sp³-hybridized carbons (Fsp3) is 0.176. The van der Waals surface area contributed by atoms with Crippen molar-refractivity contribution in [3.05, 3.63) is 59.7 Å². The number of para-hydroxylation sites is 1. The maximum Gasteiger partial charge on any atom is 0.411 e. The van der Waals surface area contributed by atoms with Crippen LogP contribution in [0.3, 0.4) is 0 Å². The van der Waals surface area contributed by atoms with E-state index in [4.69, 9.17) is 0 Å². The molecule has 2 aromatic carbocycles. The van der Waals surface area contributed by atoms with Crippen molar-refractivity contribution in [2.45, 2.75) is 17.8 Å². The van der Waals surface area contributed by atoms with Gasteiger partial charge in [-0.2, -0.15) is 36.3 Å². The molecule has 0 aliphatic carbocycles. The quantitative estimate of drug-likeness (QED) is 0.420. The van der Waals surface area contributed by atoms with Crippen molar-refractivity contribution in [3.8, 4) is 0 Å². The molecule has 0 unspecified atom stereocenters. The molecule has 2 aromatic rings. The van der Waals surface area contributed by atoms with Crippen molar-refractivity contribution in [2.24, 2.45) is 9.98 Å². The van der Waals surface area contributed by atoms with Gasteiger partial charge in [-0.1, -0.05) is 42.5 Å². The number of aliphatic imine (C=N–C) groups is 2. The highest BCUT2D eigenvalue weighted by Crippen LogP contribution is 2.59. The minimum Gasteiger partial charge on any atom is -0.211 e. The van der Waals surface area contributed by atoms with Crippen LogP contribution in [-0.4, -0.2) is 24.5 Å². The molecule has 27 heavy (non-hydrogen) atoms. The number of isocyanates is 2. The van der Waals surface area contributed by atoms with E-state index in [1.54, 1.807) is 0 Å². The molecule has 0 spiro atoms. The second-order valence-corrected chi connectivity index (χ2v) is 5.19. The third kappa shape index (κ3) is 3.28. The summed E-state index contributed by atoms with van der Waals surface area (Å²) < 4.78 is 84.1. The molecule has 0 bridgehead atoms. The number of benzene rings is 2. The highest BCUT2D eigenvalue weighted by molar-refractivity contribution is 5.74. The van der Waals surface area contributed by atoms with Gasteiger partial charge in [0.15, 0.2) is 0 Å². The van der Waals surface area contributed by atoms with Gasteiger partial charge in [-0.05, 0) is 11.6 Å². The van der Waals surface area contributed by atoms with Crippen molar-refractivity contribution < 1.29 is 35.9 Å². The van der Waals surface area contributed by atoms with Gasteiger partial charge in [0.25, 0.3) is 0 Å². The predicted octanol–water partition coefficient (Wildman–Crippen LogP) is 5.03. The van der Waals surface area contributed by atoms with Gasteiger partial charge in [-0.25, -0.2) is 9.59 Å². The van der Waals surface area contributed by atoms with Crippen molar-refractivity contribution in [2.75, 3.05) is 0 Å². The Morgan fingerprint density at radius 1 is 0.704 bits per heavy atom. The van der Waals surface area contributed by atoms with Crippen molar-refractivity contribution in [1.29, 1.82) is 0 Å². The lowest BCUT2D eigenvalue weighted by Gasteiger charge is -2.38. The average molecular weight is 386 g/mol. The summed E-state index contributed by atoms with van der Waals surface area (Å²) in [5.74, 6) is 0. The first-order valence-corrected chi connectivity index (χ1v) is 7.09. The van der Waals surface area contributed by atoms with E-state index in [1.807, 2.05) is 0 Å². The third-order valence-corrected chi connectivity index (χ3v) is 3.80. The SMILES string of the molecule is O=C=Nc1cccc(C(c2ccccc2)(C(F)(F)F)C(F)(F)F)c1N=C=O. The zero-order valence-electron chi connectivity index (χ0n) is 13.1. The van der Waals surface area contributed by atoms with Gasteiger partial charge >= 0.3 is 12.4 Å². The van der Waals surface area contributed by atoms with Crippen LogP contribution in [0.2, 0.25) is 0 Å². The summed E-state index contributed by atoms with van der Waals surface area (Å²) in [5.41, 5.74) is -8.83.